The van der Waals surface area contributed by atoms with Gasteiger partial charge in [0.15, 0.2) is 0 Å². The molecule has 1 heterocycles. The molecule has 0 saturated carbocycles. The molecule has 2 N–H and O–H groups in total. The van der Waals surface area contributed by atoms with Crippen molar-refractivity contribution in [1.29, 1.82) is 0 Å². The fourth-order valence-electron chi connectivity index (χ4n) is 2.97. The number of hydrogen-bond donors (Lipinski definition) is 2. The van der Waals surface area contributed by atoms with E-state index in [9.17, 15) is 18.4 Å². The van der Waals surface area contributed by atoms with Crippen molar-refractivity contribution in [2.75, 3.05) is 0 Å². The van der Waals surface area contributed by atoms with Crippen LogP contribution in [-0.4, -0.2) is 27.4 Å². The van der Waals surface area contributed by atoms with E-state index >= 15 is 0 Å². The summed E-state index contributed by atoms with van der Waals surface area (Å²) in [6.45, 7) is 3.62. The van der Waals surface area contributed by atoms with Crippen LogP contribution in [0.1, 0.15) is 29.8 Å². The standard InChI is InChI=1S/C22H22F2N4O2/c1-14(2)20(27-21(29)16-5-3-4-6-17(16)23)22(30)26-12-15-7-8-19(18(24)11-15)28-10-9-25-13-28/h3-11,13-14,20H,12H2,1-2H3,(H,26,30)(H,27,29). The highest BCUT2D eigenvalue weighted by Gasteiger charge is 2.25. The third kappa shape index (κ3) is 4.89. The van der Waals surface area contributed by atoms with Crippen LogP contribution in [-0.2, 0) is 11.3 Å². The summed E-state index contributed by atoms with van der Waals surface area (Å²) in [4.78, 5) is 28.9. The predicted molar refractivity (Wildman–Crippen MR) is 108 cm³/mol. The molecular weight excluding hydrogens is 390 g/mol. The number of nitrogens with one attached hydrogen (secondary N) is 2. The van der Waals surface area contributed by atoms with E-state index in [4.69, 9.17) is 0 Å². The Morgan fingerprint density at radius 2 is 1.87 bits per heavy atom. The van der Waals surface area contributed by atoms with Gasteiger partial charge in [-0.1, -0.05) is 32.0 Å². The highest BCUT2D eigenvalue weighted by atomic mass is 19.1. The summed E-state index contributed by atoms with van der Waals surface area (Å²) in [5.74, 6) is -2.45. The van der Waals surface area contributed by atoms with Crippen LogP contribution in [0.15, 0.2) is 61.2 Å². The maximum absolute atomic E-state index is 14.4. The van der Waals surface area contributed by atoms with Gasteiger partial charge in [-0.2, -0.15) is 0 Å². The van der Waals surface area contributed by atoms with Gasteiger partial charge in [-0.15, -0.1) is 0 Å². The normalized spacial score (nSPS) is 11.9. The molecule has 0 aliphatic carbocycles. The number of aromatic nitrogens is 2. The summed E-state index contributed by atoms with van der Waals surface area (Å²) in [5.41, 5.74) is 0.778. The van der Waals surface area contributed by atoms with E-state index in [0.29, 0.717) is 11.3 Å². The molecule has 0 spiro atoms. The highest BCUT2D eigenvalue weighted by molar-refractivity contribution is 5.97. The molecule has 3 aromatic rings. The predicted octanol–water partition coefficient (Wildman–Crippen LogP) is 3.22. The minimum absolute atomic E-state index is 0.0821. The molecule has 0 aliphatic rings. The van der Waals surface area contributed by atoms with Crippen LogP contribution in [0.4, 0.5) is 8.78 Å². The lowest BCUT2D eigenvalue weighted by atomic mass is 10.0. The van der Waals surface area contributed by atoms with Gasteiger partial charge in [0.1, 0.15) is 17.7 Å². The molecule has 0 saturated heterocycles. The lowest BCUT2D eigenvalue weighted by molar-refractivity contribution is -0.124. The van der Waals surface area contributed by atoms with E-state index < -0.39 is 29.5 Å². The lowest BCUT2D eigenvalue weighted by Gasteiger charge is -2.22. The summed E-state index contributed by atoms with van der Waals surface area (Å²) in [6, 6.07) is 9.32. The maximum atomic E-state index is 14.4. The first-order valence-corrected chi connectivity index (χ1v) is 9.46. The van der Waals surface area contributed by atoms with Crippen molar-refractivity contribution >= 4 is 11.8 Å². The van der Waals surface area contributed by atoms with E-state index in [0.717, 1.165) is 0 Å². The fourth-order valence-corrected chi connectivity index (χ4v) is 2.97. The Morgan fingerprint density at radius 3 is 2.50 bits per heavy atom. The summed E-state index contributed by atoms with van der Waals surface area (Å²) < 4.78 is 29.7. The van der Waals surface area contributed by atoms with Gasteiger partial charge in [0, 0.05) is 18.9 Å². The Labute approximate surface area is 172 Å². The number of imidazole rings is 1. The summed E-state index contributed by atoms with van der Waals surface area (Å²) in [6.07, 6.45) is 4.67. The molecule has 3 rings (SSSR count). The van der Waals surface area contributed by atoms with Gasteiger partial charge in [0.2, 0.25) is 5.91 Å². The average Bonchev–Trinajstić information content (AvgIpc) is 3.24. The second-order valence-electron chi connectivity index (χ2n) is 7.15. The van der Waals surface area contributed by atoms with E-state index in [1.165, 1.54) is 30.6 Å². The Kier molecular flexibility index (Phi) is 6.56. The molecule has 0 aliphatic heterocycles. The van der Waals surface area contributed by atoms with Crippen molar-refractivity contribution in [3.8, 4) is 5.69 Å². The van der Waals surface area contributed by atoms with Gasteiger partial charge < -0.3 is 15.2 Å². The number of rotatable bonds is 7. The zero-order valence-corrected chi connectivity index (χ0v) is 16.6. The summed E-state index contributed by atoms with van der Waals surface area (Å²) in [7, 11) is 0. The van der Waals surface area contributed by atoms with Gasteiger partial charge >= 0.3 is 0 Å². The molecule has 0 bridgehead atoms. The Balaban J connectivity index is 1.65. The minimum Gasteiger partial charge on any atom is -0.350 e. The third-order valence-corrected chi connectivity index (χ3v) is 4.62. The van der Waals surface area contributed by atoms with Crippen molar-refractivity contribution in [2.24, 2.45) is 5.92 Å². The van der Waals surface area contributed by atoms with Crippen LogP contribution in [0.5, 0.6) is 0 Å². The zero-order valence-electron chi connectivity index (χ0n) is 16.6. The second kappa shape index (κ2) is 9.30. The van der Waals surface area contributed by atoms with Gasteiger partial charge in [-0.25, -0.2) is 13.8 Å². The molecule has 0 fully saturated rings. The van der Waals surface area contributed by atoms with E-state index in [1.807, 2.05) is 0 Å². The number of hydrogen-bond acceptors (Lipinski definition) is 3. The maximum Gasteiger partial charge on any atom is 0.254 e. The first kappa shape index (κ1) is 21.2. The molecule has 8 heteroatoms. The van der Waals surface area contributed by atoms with Crippen LogP contribution < -0.4 is 10.6 Å². The quantitative estimate of drug-likeness (QED) is 0.626. The molecule has 1 atom stereocenters. The topological polar surface area (TPSA) is 76.0 Å². The van der Waals surface area contributed by atoms with Crippen LogP contribution in [0.25, 0.3) is 5.69 Å². The van der Waals surface area contributed by atoms with E-state index in [-0.39, 0.29) is 18.0 Å². The number of halogens is 2. The van der Waals surface area contributed by atoms with Crippen LogP contribution in [0, 0.1) is 17.6 Å². The number of nitrogens with zero attached hydrogens (tertiary/aromatic N) is 2. The SMILES string of the molecule is CC(C)C(NC(=O)c1ccccc1F)C(=O)NCc1ccc(-n2ccnc2)c(F)c1. The molecule has 6 nitrogen and oxygen atoms in total. The Hall–Kier alpha value is -3.55. The number of carbonyl (C=O) groups is 2. The van der Waals surface area contributed by atoms with Crippen LogP contribution in [0.2, 0.25) is 0 Å². The number of carbonyl (C=O) groups excluding carboxylic acids is 2. The minimum atomic E-state index is -0.868. The van der Waals surface area contributed by atoms with Gasteiger partial charge in [-0.3, -0.25) is 9.59 Å². The molecule has 2 aromatic carbocycles. The van der Waals surface area contributed by atoms with Crippen LogP contribution in [0.3, 0.4) is 0 Å². The summed E-state index contributed by atoms with van der Waals surface area (Å²) >= 11 is 0. The van der Waals surface area contributed by atoms with Gasteiger partial charge in [0.05, 0.1) is 17.6 Å². The van der Waals surface area contributed by atoms with Crippen molar-refractivity contribution in [2.45, 2.75) is 26.4 Å². The Bertz CT molecular complexity index is 1040. The highest BCUT2D eigenvalue weighted by Crippen LogP contribution is 2.15. The molecule has 2 amide bonds. The van der Waals surface area contributed by atoms with Crippen molar-refractivity contribution in [1.82, 2.24) is 20.2 Å². The summed E-state index contributed by atoms with van der Waals surface area (Å²) in [5, 5.41) is 5.27. The molecule has 0 radical (unpaired) electrons. The van der Waals surface area contributed by atoms with Crippen molar-refractivity contribution in [3.05, 3.63) is 83.9 Å². The zero-order chi connectivity index (χ0) is 21.7. The van der Waals surface area contributed by atoms with E-state index in [2.05, 4.69) is 15.6 Å². The Morgan fingerprint density at radius 1 is 1.10 bits per heavy atom. The van der Waals surface area contributed by atoms with E-state index in [1.54, 1.807) is 49.0 Å². The monoisotopic (exact) mass is 412 g/mol. The smallest absolute Gasteiger partial charge is 0.254 e. The molecule has 156 valence electrons. The van der Waals surface area contributed by atoms with Crippen molar-refractivity contribution < 1.29 is 18.4 Å². The fraction of sp³-hybridized carbons (Fsp3) is 0.227. The second-order valence-corrected chi connectivity index (χ2v) is 7.15. The first-order valence-electron chi connectivity index (χ1n) is 9.46. The van der Waals surface area contributed by atoms with Crippen molar-refractivity contribution in [3.63, 3.8) is 0 Å². The molecular formula is C22H22F2N4O2. The molecule has 1 aromatic heterocycles. The number of amides is 2. The van der Waals surface area contributed by atoms with Crippen LogP contribution >= 0.6 is 0 Å². The van der Waals surface area contributed by atoms with Gasteiger partial charge in [0.25, 0.3) is 5.91 Å². The third-order valence-electron chi connectivity index (χ3n) is 4.62. The number of benzene rings is 2. The first-order chi connectivity index (χ1) is 14.4. The molecule has 1 unspecified atom stereocenters. The van der Waals surface area contributed by atoms with Gasteiger partial charge in [-0.05, 0) is 35.7 Å². The lowest BCUT2D eigenvalue weighted by Crippen LogP contribution is -2.49. The molecule has 30 heavy (non-hydrogen) atoms. The largest absolute Gasteiger partial charge is 0.350 e. The average molecular weight is 412 g/mol.